The molecule has 0 bridgehead atoms. The Morgan fingerprint density at radius 2 is 2.11 bits per heavy atom. The SMILES string of the molecule is CC(C)(CCF)C(=O)O. The minimum atomic E-state index is -0.944. The zero-order valence-corrected chi connectivity index (χ0v) is 5.65. The molecule has 0 aliphatic heterocycles. The maximum absolute atomic E-state index is 11.6. The molecule has 0 aromatic rings. The van der Waals surface area contributed by atoms with E-state index in [0.29, 0.717) is 0 Å². The molecule has 0 aromatic carbocycles. The van der Waals surface area contributed by atoms with E-state index in [-0.39, 0.29) is 6.42 Å². The summed E-state index contributed by atoms with van der Waals surface area (Å²) in [7, 11) is 0. The molecule has 0 aliphatic carbocycles. The third kappa shape index (κ3) is 2.44. The van der Waals surface area contributed by atoms with E-state index in [1.165, 1.54) is 13.8 Å². The summed E-state index contributed by atoms with van der Waals surface area (Å²) in [6.45, 7) is 2.45. The fraction of sp³-hybridized carbons (Fsp3) is 0.833. The molecule has 0 rings (SSSR count). The number of halogens is 1. The van der Waals surface area contributed by atoms with E-state index in [9.17, 15) is 9.18 Å². The first-order valence-corrected chi connectivity index (χ1v) is 2.80. The highest BCUT2D eigenvalue weighted by atomic mass is 19.1. The number of rotatable bonds is 3. The van der Waals surface area contributed by atoms with Crippen LogP contribution in [0.1, 0.15) is 20.3 Å². The zero-order chi connectivity index (χ0) is 7.49. The Kier molecular flexibility index (Phi) is 2.62. The molecule has 3 heteroatoms. The van der Waals surface area contributed by atoms with Gasteiger partial charge in [-0.05, 0) is 20.3 Å². The van der Waals surface area contributed by atoms with E-state index in [2.05, 4.69) is 0 Å². The van der Waals surface area contributed by atoms with Crippen LogP contribution in [0.25, 0.3) is 0 Å². The molecular formula is C6H11FO2. The summed E-state index contributed by atoms with van der Waals surface area (Å²) < 4.78 is 11.6. The lowest BCUT2D eigenvalue weighted by molar-refractivity contribution is -0.147. The average molecular weight is 134 g/mol. The molecule has 0 spiro atoms. The van der Waals surface area contributed by atoms with Crippen molar-refractivity contribution in [3.63, 3.8) is 0 Å². The van der Waals surface area contributed by atoms with Gasteiger partial charge in [0.2, 0.25) is 0 Å². The van der Waals surface area contributed by atoms with Crippen LogP contribution in [0, 0.1) is 5.41 Å². The zero-order valence-electron chi connectivity index (χ0n) is 5.65. The van der Waals surface area contributed by atoms with Gasteiger partial charge in [0.25, 0.3) is 0 Å². The van der Waals surface area contributed by atoms with Crippen LogP contribution >= 0.6 is 0 Å². The Balaban J connectivity index is 3.85. The molecule has 0 saturated heterocycles. The van der Waals surface area contributed by atoms with Crippen LogP contribution in [0.2, 0.25) is 0 Å². The topological polar surface area (TPSA) is 37.3 Å². The highest BCUT2D eigenvalue weighted by Crippen LogP contribution is 2.19. The first-order chi connectivity index (χ1) is 4.00. The Bertz CT molecular complexity index is 110. The predicted octanol–water partition coefficient (Wildman–Crippen LogP) is 1.46. The van der Waals surface area contributed by atoms with Gasteiger partial charge in [0, 0.05) is 0 Å². The molecule has 1 N–H and O–H groups in total. The second-order valence-electron chi connectivity index (χ2n) is 2.63. The van der Waals surface area contributed by atoms with Crippen molar-refractivity contribution in [2.24, 2.45) is 5.41 Å². The second-order valence-corrected chi connectivity index (χ2v) is 2.63. The highest BCUT2D eigenvalue weighted by Gasteiger charge is 2.25. The average Bonchev–Trinajstić information content (AvgIpc) is 1.65. The van der Waals surface area contributed by atoms with Crippen LogP contribution in [0.5, 0.6) is 0 Å². The van der Waals surface area contributed by atoms with Crippen LogP contribution < -0.4 is 0 Å². The van der Waals surface area contributed by atoms with Gasteiger partial charge in [-0.1, -0.05) is 0 Å². The van der Waals surface area contributed by atoms with Gasteiger partial charge in [-0.3, -0.25) is 9.18 Å². The first kappa shape index (κ1) is 8.40. The molecule has 0 amide bonds. The van der Waals surface area contributed by atoms with Crippen molar-refractivity contribution in [1.82, 2.24) is 0 Å². The summed E-state index contributed by atoms with van der Waals surface area (Å²) in [6.07, 6.45) is 0.0856. The Hall–Kier alpha value is -0.600. The monoisotopic (exact) mass is 134 g/mol. The van der Waals surface area contributed by atoms with Crippen molar-refractivity contribution in [3.05, 3.63) is 0 Å². The molecule has 0 unspecified atom stereocenters. The molecule has 0 atom stereocenters. The minimum absolute atomic E-state index is 0.0856. The maximum atomic E-state index is 11.6. The fourth-order valence-electron chi connectivity index (χ4n) is 0.343. The molecule has 2 nitrogen and oxygen atoms in total. The van der Waals surface area contributed by atoms with Gasteiger partial charge in [0.1, 0.15) is 0 Å². The van der Waals surface area contributed by atoms with Gasteiger partial charge in [-0.2, -0.15) is 0 Å². The quantitative estimate of drug-likeness (QED) is 0.634. The smallest absolute Gasteiger partial charge is 0.309 e. The Labute approximate surface area is 53.7 Å². The van der Waals surface area contributed by atoms with E-state index in [1.54, 1.807) is 0 Å². The summed E-state index contributed by atoms with van der Waals surface area (Å²) in [5, 5.41) is 8.41. The van der Waals surface area contributed by atoms with Gasteiger partial charge >= 0.3 is 5.97 Å². The summed E-state index contributed by atoms with van der Waals surface area (Å²) in [5.41, 5.74) is -0.908. The molecular weight excluding hydrogens is 123 g/mol. The molecule has 0 heterocycles. The number of hydrogen-bond acceptors (Lipinski definition) is 1. The van der Waals surface area contributed by atoms with E-state index in [4.69, 9.17) is 5.11 Å². The van der Waals surface area contributed by atoms with Crippen molar-refractivity contribution in [3.8, 4) is 0 Å². The summed E-state index contributed by atoms with van der Waals surface area (Å²) in [5.74, 6) is -0.944. The first-order valence-electron chi connectivity index (χ1n) is 2.80. The molecule has 0 aliphatic rings. The van der Waals surface area contributed by atoms with Crippen LogP contribution in [0.15, 0.2) is 0 Å². The van der Waals surface area contributed by atoms with Crippen LogP contribution in [-0.2, 0) is 4.79 Å². The van der Waals surface area contributed by atoms with Gasteiger partial charge in [0.05, 0.1) is 12.1 Å². The van der Waals surface area contributed by atoms with Gasteiger partial charge in [-0.25, -0.2) is 0 Å². The molecule has 0 radical (unpaired) electrons. The van der Waals surface area contributed by atoms with E-state index >= 15 is 0 Å². The molecule has 0 fully saturated rings. The standard InChI is InChI=1S/C6H11FO2/c1-6(2,3-4-7)5(8)9/h3-4H2,1-2H3,(H,8,9). The number of hydrogen-bond donors (Lipinski definition) is 1. The minimum Gasteiger partial charge on any atom is -0.481 e. The van der Waals surface area contributed by atoms with E-state index in [1.807, 2.05) is 0 Å². The number of alkyl halides is 1. The van der Waals surface area contributed by atoms with Crippen molar-refractivity contribution in [2.45, 2.75) is 20.3 Å². The predicted molar refractivity (Wildman–Crippen MR) is 32.0 cm³/mol. The van der Waals surface area contributed by atoms with Crippen molar-refractivity contribution < 1.29 is 14.3 Å². The third-order valence-electron chi connectivity index (χ3n) is 1.30. The molecule has 54 valence electrons. The lowest BCUT2D eigenvalue weighted by atomic mass is 9.90. The fourth-order valence-corrected chi connectivity index (χ4v) is 0.343. The summed E-state index contributed by atoms with van der Waals surface area (Å²) >= 11 is 0. The van der Waals surface area contributed by atoms with Crippen molar-refractivity contribution in [1.29, 1.82) is 0 Å². The number of carbonyl (C=O) groups is 1. The largest absolute Gasteiger partial charge is 0.481 e. The molecule has 0 aromatic heterocycles. The van der Waals surface area contributed by atoms with Gasteiger partial charge in [0.15, 0.2) is 0 Å². The second kappa shape index (κ2) is 2.80. The normalized spacial score (nSPS) is 11.4. The number of carboxylic acids is 1. The van der Waals surface area contributed by atoms with Gasteiger partial charge in [-0.15, -0.1) is 0 Å². The Morgan fingerprint density at radius 1 is 1.67 bits per heavy atom. The van der Waals surface area contributed by atoms with Gasteiger partial charge < -0.3 is 5.11 Å². The van der Waals surface area contributed by atoms with Crippen LogP contribution in [0.3, 0.4) is 0 Å². The lowest BCUT2D eigenvalue weighted by Crippen LogP contribution is -2.23. The molecule has 0 saturated carbocycles. The number of aliphatic carboxylic acids is 1. The van der Waals surface area contributed by atoms with E-state index < -0.39 is 18.1 Å². The third-order valence-corrected chi connectivity index (χ3v) is 1.30. The lowest BCUT2D eigenvalue weighted by Gasteiger charge is -2.15. The highest BCUT2D eigenvalue weighted by molar-refractivity contribution is 5.73. The van der Waals surface area contributed by atoms with Crippen LogP contribution in [0.4, 0.5) is 4.39 Å². The molecule has 9 heavy (non-hydrogen) atoms. The summed E-state index contributed by atoms with van der Waals surface area (Å²) in [6, 6.07) is 0. The van der Waals surface area contributed by atoms with Crippen molar-refractivity contribution >= 4 is 5.97 Å². The van der Waals surface area contributed by atoms with Crippen molar-refractivity contribution in [2.75, 3.05) is 6.67 Å². The maximum Gasteiger partial charge on any atom is 0.309 e. The Morgan fingerprint density at radius 3 is 2.22 bits per heavy atom. The van der Waals surface area contributed by atoms with Crippen LogP contribution in [-0.4, -0.2) is 17.8 Å². The van der Waals surface area contributed by atoms with E-state index in [0.717, 1.165) is 0 Å². The number of carboxylic acid groups (broad SMARTS) is 1. The summed E-state index contributed by atoms with van der Waals surface area (Å²) in [4.78, 5) is 10.2.